The van der Waals surface area contributed by atoms with Crippen molar-refractivity contribution in [2.45, 2.75) is 12.5 Å². The van der Waals surface area contributed by atoms with Gasteiger partial charge in [0.05, 0.1) is 18.7 Å². The molecule has 3 rings (SSSR count). The highest BCUT2D eigenvalue weighted by atomic mass is 16.6. The quantitative estimate of drug-likeness (QED) is 0.634. The van der Waals surface area contributed by atoms with Crippen molar-refractivity contribution >= 4 is 22.9 Å². The van der Waals surface area contributed by atoms with E-state index in [9.17, 15) is 4.79 Å². The van der Waals surface area contributed by atoms with Gasteiger partial charge in [0.2, 0.25) is 0 Å². The van der Waals surface area contributed by atoms with Crippen LogP contribution in [0.4, 0.5) is 0 Å². The van der Waals surface area contributed by atoms with Crippen LogP contribution in [0.5, 0.6) is 0 Å². The minimum Gasteiger partial charge on any atom is -0.457 e. The molecule has 0 N–H and O–H groups in total. The Morgan fingerprint density at radius 1 is 1.35 bits per heavy atom. The van der Waals surface area contributed by atoms with E-state index in [1.807, 2.05) is 30.3 Å². The van der Waals surface area contributed by atoms with E-state index in [4.69, 9.17) is 9.47 Å². The lowest BCUT2D eigenvalue weighted by Gasteiger charge is -2.07. The van der Waals surface area contributed by atoms with Crippen molar-refractivity contribution in [2.24, 2.45) is 0 Å². The topological polar surface area (TPSA) is 48.4 Å². The number of esters is 1. The molecule has 1 aromatic heterocycles. The molecule has 1 aliphatic heterocycles. The van der Waals surface area contributed by atoms with E-state index < -0.39 is 0 Å². The lowest BCUT2D eigenvalue weighted by molar-refractivity contribution is -0.142. The zero-order valence-corrected chi connectivity index (χ0v) is 11.0. The van der Waals surface area contributed by atoms with Gasteiger partial charge in [0, 0.05) is 24.1 Å². The van der Waals surface area contributed by atoms with Gasteiger partial charge >= 0.3 is 5.97 Å². The fraction of sp³-hybridized carbons (Fsp3) is 0.250. The SMILES string of the molecule is O=C(C=Cc1ccnc2ccccc12)OC1CCOC1. The van der Waals surface area contributed by atoms with Gasteiger partial charge in [0.15, 0.2) is 0 Å². The molecule has 0 bridgehead atoms. The first-order valence-corrected chi connectivity index (χ1v) is 6.63. The molecule has 1 unspecified atom stereocenters. The Bertz CT molecular complexity index is 640. The van der Waals surface area contributed by atoms with Gasteiger partial charge in [-0.1, -0.05) is 18.2 Å². The molecule has 0 aliphatic carbocycles. The molecule has 2 heterocycles. The summed E-state index contributed by atoms with van der Waals surface area (Å²) in [7, 11) is 0. The molecule has 2 aromatic rings. The van der Waals surface area contributed by atoms with Crippen molar-refractivity contribution < 1.29 is 14.3 Å². The number of nitrogens with zero attached hydrogens (tertiary/aromatic N) is 1. The predicted molar refractivity (Wildman–Crippen MR) is 76.1 cm³/mol. The third-order valence-electron chi connectivity index (χ3n) is 3.25. The summed E-state index contributed by atoms with van der Waals surface area (Å²) in [6.45, 7) is 1.16. The second-order valence-corrected chi connectivity index (χ2v) is 4.67. The summed E-state index contributed by atoms with van der Waals surface area (Å²) in [5, 5.41) is 1.02. The highest BCUT2D eigenvalue weighted by Crippen LogP contribution is 2.17. The molecule has 0 amide bonds. The number of aromatic nitrogens is 1. The van der Waals surface area contributed by atoms with Crippen LogP contribution >= 0.6 is 0 Å². The van der Waals surface area contributed by atoms with Crippen molar-refractivity contribution in [2.75, 3.05) is 13.2 Å². The average Bonchev–Trinajstić information content (AvgIpc) is 2.98. The molecular formula is C16H15NO3. The molecule has 1 aliphatic rings. The van der Waals surface area contributed by atoms with Crippen molar-refractivity contribution in [1.82, 2.24) is 4.98 Å². The zero-order chi connectivity index (χ0) is 13.8. The second-order valence-electron chi connectivity index (χ2n) is 4.67. The van der Waals surface area contributed by atoms with Gasteiger partial charge in [-0.25, -0.2) is 4.79 Å². The van der Waals surface area contributed by atoms with E-state index in [1.54, 1.807) is 12.3 Å². The summed E-state index contributed by atoms with van der Waals surface area (Å²) in [5.74, 6) is -0.332. The number of ether oxygens (including phenoxy) is 2. The number of carbonyl (C=O) groups is 1. The number of hydrogen-bond acceptors (Lipinski definition) is 4. The first kappa shape index (κ1) is 12.8. The number of para-hydroxylation sites is 1. The summed E-state index contributed by atoms with van der Waals surface area (Å²) in [4.78, 5) is 16.0. The predicted octanol–water partition coefficient (Wildman–Crippen LogP) is 2.58. The van der Waals surface area contributed by atoms with Crippen LogP contribution in [-0.4, -0.2) is 30.3 Å². The molecule has 0 radical (unpaired) electrons. The van der Waals surface area contributed by atoms with Gasteiger partial charge in [-0.2, -0.15) is 0 Å². The molecule has 20 heavy (non-hydrogen) atoms. The van der Waals surface area contributed by atoms with Crippen LogP contribution in [0.3, 0.4) is 0 Å². The van der Waals surface area contributed by atoms with Crippen LogP contribution in [0.1, 0.15) is 12.0 Å². The van der Waals surface area contributed by atoms with E-state index in [0.29, 0.717) is 13.2 Å². The Morgan fingerprint density at radius 3 is 3.10 bits per heavy atom. The fourth-order valence-electron chi connectivity index (χ4n) is 2.23. The molecule has 1 aromatic carbocycles. The summed E-state index contributed by atoms with van der Waals surface area (Å²) in [5.41, 5.74) is 1.86. The standard InChI is InChI=1S/C16H15NO3/c18-16(20-13-8-10-19-11-13)6-5-12-7-9-17-15-4-2-1-3-14(12)15/h1-7,9,13H,8,10-11H2. The fourth-order valence-corrected chi connectivity index (χ4v) is 2.23. The smallest absolute Gasteiger partial charge is 0.331 e. The van der Waals surface area contributed by atoms with E-state index in [1.165, 1.54) is 6.08 Å². The maximum Gasteiger partial charge on any atom is 0.331 e. The zero-order valence-electron chi connectivity index (χ0n) is 11.0. The molecular weight excluding hydrogens is 254 g/mol. The molecule has 1 fully saturated rings. The van der Waals surface area contributed by atoms with Crippen LogP contribution in [0, 0.1) is 0 Å². The molecule has 0 spiro atoms. The van der Waals surface area contributed by atoms with Crippen LogP contribution in [0.2, 0.25) is 0 Å². The van der Waals surface area contributed by atoms with Gasteiger partial charge in [0.25, 0.3) is 0 Å². The molecule has 102 valence electrons. The lowest BCUT2D eigenvalue weighted by Crippen LogP contribution is -2.16. The van der Waals surface area contributed by atoms with Gasteiger partial charge < -0.3 is 9.47 Å². The van der Waals surface area contributed by atoms with E-state index in [-0.39, 0.29) is 12.1 Å². The van der Waals surface area contributed by atoms with Crippen molar-refractivity contribution in [3.05, 3.63) is 48.2 Å². The number of hydrogen-bond donors (Lipinski definition) is 0. The Morgan fingerprint density at radius 2 is 2.25 bits per heavy atom. The van der Waals surface area contributed by atoms with E-state index in [2.05, 4.69) is 4.98 Å². The third kappa shape index (κ3) is 2.86. The Labute approximate surface area is 117 Å². The van der Waals surface area contributed by atoms with Crippen LogP contribution in [-0.2, 0) is 14.3 Å². The largest absolute Gasteiger partial charge is 0.457 e. The Hall–Kier alpha value is -2.20. The minimum absolute atomic E-state index is 0.110. The summed E-state index contributed by atoms with van der Waals surface area (Å²) >= 11 is 0. The van der Waals surface area contributed by atoms with Crippen molar-refractivity contribution in [3.8, 4) is 0 Å². The summed E-state index contributed by atoms with van der Waals surface area (Å²) < 4.78 is 10.4. The summed E-state index contributed by atoms with van der Waals surface area (Å²) in [6, 6.07) is 9.70. The number of carbonyl (C=O) groups excluding carboxylic acids is 1. The highest BCUT2D eigenvalue weighted by Gasteiger charge is 2.18. The normalized spacial score (nSPS) is 18.7. The van der Waals surface area contributed by atoms with Gasteiger partial charge in [-0.3, -0.25) is 4.98 Å². The first-order chi connectivity index (χ1) is 9.83. The number of fused-ring (bicyclic) bond motifs is 1. The lowest BCUT2D eigenvalue weighted by atomic mass is 10.1. The number of rotatable bonds is 3. The molecule has 4 heteroatoms. The number of benzene rings is 1. The Kier molecular flexibility index (Phi) is 3.74. The van der Waals surface area contributed by atoms with Gasteiger partial charge in [-0.05, 0) is 23.8 Å². The molecule has 1 saturated heterocycles. The van der Waals surface area contributed by atoms with E-state index in [0.717, 1.165) is 22.9 Å². The maximum absolute atomic E-state index is 11.7. The molecule has 1 atom stereocenters. The van der Waals surface area contributed by atoms with Gasteiger partial charge in [0.1, 0.15) is 6.10 Å². The second kappa shape index (κ2) is 5.84. The summed E-state index contributed by atoms with van der Waals surface area (Å²) in [6.07, 6.45) is 5.62. The number of pyridine rings is 1. The van der Waals surface area contributed by atoms with Crippen LogP contribution in [0.15, 0.2) is 42.6 Å². The van der Waals surface area contributed by atoms with E-state index >= 15 is 0 Å². The highest BCUT2D eigenvalue weighted by molar-refractivity contribution is 5.93. The first-order valence-electron chi connectivity index (χ1n) is 6.63. The minimum atomic E-state index is -0.332. The monoisotopic (exact) mass is 269 g/mol. The van der Waals surface area contributed by atoms with Crippen molar-refractivity contribution in [1.29, 1.82) is 0 Å². The molecule has 0 saturated carbocycles. The van der Waals surface area contributed by atoms with Crippen LogP contribution < -0.4 is 0 Å². The van der Waals surface area contributed by atoms with Crippen LogP contribution in [0.25, 0.3) is 17.0 Å². The van der Waals surface area contributed by atoms with Crippen molar-refractivity contribution in [3.63, 3.8) is 0 Å². The van der Waals surface area contributed by atoms with Gasteiger partial charge in [-0.15, -0.1) is 0 Å². The average molecular weight is 269 g/mol. The Balaban J connectivity index is 1.75. The third-order valence-corrected chi connectivity index (χ3v) is 3.25. The molecule has 4 nitrogen and oxygen atoms in total. The maximum atomic E-state index is 11.7.